The van der Waals surface area contributed by atoms with Gasteiger partial charge >= 0.3 is 59.1 Å². The van der Waals surface area contributed by atoms with Crippen LogP contribution in [0.4, 0.5) is 0 Å². The Morgan fingerprint density at radius 1 is 0.478 bits per heavy atom. The Morgan fingerprint density at radius 2 is 0.870 bits per heavy atom. The topological polar surface area (TPSA) is 0 Å². The molecule has 0 saturated heterocycles. The van der Waals surface area contributed by atoms with Crippen molar-refractivity contribution >= 4 is 21.5 Å². The molecule has 0 unspecified atom stereocenters. The average molecular weight is 316 g/mol. The maximum absolute atomic E-state index is 2.24. The van der Waals surface area contributed by atoms with Crippen LogP contribution in [0.25, 0.3) is 21.5 Å². The van der Waals surface area contributed by atoms with Gasteiger partial charge in [-0.15, -0.1) is 0 Å². The molecular weight excluding hydrogens is 298 g/mol. The molecule has 0 spiro atoms. The maximum atomic E-state index is 2.24. The van der Waals surface area contributed by atoms with Crippen LogP contribution in [0, 0.1) is 0 Å². The quantitative estimate of drug-likeness (QED) is 0.450. The summed E-state index contributed by atoms with van der Waals surface area (Å²) < 4.78 is 0. The van der Waals surface area contributed by atoms with E-state index in [4.69, 9.17) is 0 Å². The zero-order valence-electron chi connectivity index (χ0n) is 15.8. The van der Waals surface area contributed by atoms with Crippen LogP contribution < -0.4 is 59.1 Å². The molecule has 0 N–H and O–H groups in total. The van der Waals surface area contributed by atoms with Crippen molar-refractivity contribution in [3.8, 4) is 0 Å². The summed E-state index contributed by atoms with van der Waals surface area (Å²) in [6, 6.07) is 30.4. The number of benzene rings is 4. The van der Waals surface area contributed by atoms with Gasteiger partial charge in [-0.05, 0) is 39.1 Å². The van der Waals surface area contributed by atoms with Gasteiger partial charge in [-0.2, -0.15) is 0 Å². The first kappa shape index (κ1) is 18.7. The first-order valence-corrected chi connectivity index (χ1v) is 7.35. The maximum Gasteiger partial charge on any atom is 1.00 e. The van der Waals surface area contributed by atoms with Gasteiger partial charge in [-0.3, -0.25) is 0 Å². The molecule has 0 fully saturated rings. The minimum Gasteiger partial charge on any atom is -1.00 e. The number of hydrogen-bond acceptors (Lipinski definition) is 0. The Bertz CT molecular complexity index is 851. The van der Waals surface area contributed by atoms with Crippen molar-refractivity contribution in [3.63, 3.8) is 0 Å². The molecule has 0 aliphatic heterocycles. The van der Waals surface area contributed by atoms with Crippen LogP contribution in [-0.4, -0.2) is 0 Å². The molecule has 0 aliphatic rings. The Morgan fingerprint density at radius 3 is 1.35 bits per heavy atom. The zero-order chi connectivity index (χ0) is 14.1. The van der Waals surface area contributed by atoms with E-state index in [1.54, 1.807) is 0 Å². The third-order valence-corrected chi connectivity index (χ3v) is 4.14. The Hall–Kier alpha value is -0.600. The van der Waals surface area contributed by atoms with Gasteiger partial charge < -0.3 is 2.85 Å². The van der Waals surface area contributed by atoms with Crippen LogP contribution in [0.2, 0.25) is 0 Å². The number of rotatable bonds is 2. The third kappa shape index (κ3) is 3.91. The van der Waals surface area contributed by atoms with Crippen LogP contribution in [0.1, 0.15) is 14.0 Å². The van der Waals surface area contributed by atoms with Crippen LogP contribution in [-0.2, 0) is 6.42 Å². The van der Waals surface area contributed by atoms with Gasteiger partial charge in [0.25, 0.3) is 0 Å². The van der Waals surface area contributed by atoms with Crippen molar-refractivity contribution in [2.45, 2.75) is 6.42 Å². The van der Waals surface area contributed by atoms with Crippen molar-refractivity contribution in [3.05, 3.63) is 96.1 Å². The third-order valence-electron chi connectivity index (χ3n) is 4.14. The van der Waals surface area contributed by atoms with E-state index in [0.29, 0.717) is 0 Å². The molecule has 0 aromatic heterocycles. The molecule has 4 rings (SSSR count). The molecule has 0 atom stereocenters. The summed E-state index contributed by atoms with van der Waals surface area (Å²) in [4.78, 5) is 0. The molecule has 4 aromatic rings. The predicted molar refractivity (Wildman–Crippen MR) is 92.9 cm³/mol. The first-order valence-electron chi connectivity index (χ1n) is 7.35. The Balaban J connectivity index is 0.00000144. The SMILES string of the molecule is [H-].[H-].[Na+].[Na+].c1ccc2c(Cc3cccc4ccccc34)cccc2c1. The summed E-state index contributed by atoms with van der Waals surface area (Å²) in [5.74, 6) is 0. The summed E-state index contributed by atoms with van der Waals surface area (Å²) in [5.41, 5.74) is 2.79. The molecule has 0 heterocycles. The summed E-state index contributed by atoms with van der Waals surface area (Å²) in [7, 11) is 0. The first-order chi connectivity index (χ1) is 10.4. The van der Waals surface area contributed by atoms with Gasteiger partial charge in [-0.25, -0.2) is 0 Å². The molecule has 0 amide bonds. The second-order valence-corrected chi connectivity index (χ2v) is 5.45. The summed E-state index contributed by atoms with van der Waals surface area (Å²) in [6.45, 7) is 0. The number of fused-ring (bicyclic) bond motifs is 2. The molecule has 104 valence electrons. The standard InChI is InChI=1S/C21H16.2Na.2H/c1-3-13-20-16(7-1)9-5-11-18(20)15-19-12-6-10-17-8-2-4-14-21(17)19;;;;/h1-14H,15H2;;;;/q;2*+1;2*-1. The van der Waals surface area contributed by atoms with E-state index in [0.717, 1.165) is 6.42 Å². The molecule has 0 radical (unpaired) electrons. The molecule has 0 nitrogen and oxygen atoms in total. The van der Waals surface area contributed by atoms with E-state index in [9.17, 15) is 0 Å². The molecule has 0 aliphatic carbocycles. The van der Waals surface area contributed by atoms with E-state index in [-0.39, 0.29) is 62.0 Å². The molecule has 2 heteroatoms. The van der Waals surface area contributed by atoms with Gasteiger partial charge in [-0.1, -0.05) is 84.9 Å². The van der Waals surface area contributed by atoms with Gasteiger partial charge in [0.15, 0.2) is 0 Å². The normalized spacial score (nSPS) is 10.1. The average Bonchev–Trinajstić information content (AvgIpc) is 2.56. The van der Waals surface area contributed by atoms with Crippen molar-refractivity contribution < 1.29 is 62.0 Å². The van der Waals surface area contributed by atoms with Gasteiger partial charge in [0.05, 0.1) is 0 Å². The summed E-state index contributed by atoms with van der Waals surface area (Å²) >= 11 is 0. The van der Waals surface area contributed by atoms with E-state index >= 15 is 0 Å². The molecule has 23 heavy (non-hydrogen) atoms. The van der Waals surface area contributed by atoms with Gasteiger partial charge in [0, 0.05) is 0 Å². The summed E-state index contributed by atoms with van der Waals surface area (Å²) in [5, 5.41) is 5.34. The Kier molecular flexibility index (Phi) is 6.91. The van der Waals surface area contributed by atoms with Gasteiger partial charge in [0.1, 0.15) is 0 Å². The molecule has 0 bridgehead atoms. The Labute approximate surface area is 184 Å². The van der Waals surface area contributed by atoms with E-state index < -0.39 is 0 Å². The van der Waals surface area contributed by atoms with Crippen LogP contribution >= 0.6 is 0 Å². The minimum atomic E-state index is 0. The van der Waals surface area contributed by atoms with Crippen LogP contribution in [0.5, 0.6) is 0 Å². The van der Waals surface area contributed by atoms with Crippen molar-refractivity contribution in [1.82, 2.24) is 0 Å². The fraction of sp³-hybridized carbons (Fsp3) is 0.0476. The van der Waals surface area contributed by atoms with Crippen LogP contribution in [0.3, 0.4) is 0 Å². The predicted octanol–water partition coefficient (Wildman–Crippen LogP) is -0.183. The van der Waals surface area contributed by atoms with E-state index in [1.165, 1.54) is 32.7 Å². The second-order valence-electron chi connectivity index (χ2n) is 5.45. The largest absolute Gasteiger partial charge is 1.00 e. The van der Waals surface area contributed by atoms with Crippen molar-refractivity contribution in [2.75, 3.05) is 0 Å². The molecule has 4 aromatic carbocycles. The fourth-order valence-electron chi connectivity index (χ4n) is 3.10. The van der Waals surface area contributed by atoms with E-state index in [1.807, 2.05) is 0 Å². The molecular formula is C21H18Na2. The molecule has 0 saturated carbocycles. The van der Waals surface area contributed by atoms with Crippen molar-refractivity contribution in [1.29, 1.82) is 0 Å². The van der Waals surface area contributed by atoms with Crippen LogP contribution in [0.15, 0.2) is 84.9 Å². The monoisotopic (exact) mass is 316 g/mol. The smallest absolute Gasteiger partial charge is 1.00 e. The minimum absolute atomic E-state index is 0. The van der Waals surface area contributed by atoms with Crippen molar-refractivity contribution in [2.24, 2.45) is 0 Å². The second kappa shape index (κ2) is 8.48. The number of hydrogen-bond donors (Lipinski definition) is 0. The summed E-state index contributed by atoms with van der Waals surface area (Å²) in [6.07, 6.45) is 0.975. The van der Waals surface area contributed by atoms with E-state index in [2.05, 4.69) is 84.9 Å². The fourth-order valence-corrected chi connectivity index (χ4v) is 3.10. The zero-order valence-corrected chi connectivity index (χ0v) is 17.8. The van der Waals surface area contributed by atoms with Gasteiger partial charge in [0.2, 0.25) is 0 Å².